The third-order valence-corrected chi connectivity index (χ3v) is 5.88. The van der Waals surface area contributed by atoms with Crippen molar-refractivity contribution in [1.82, 2.24) is 5.32 Å². The second-order valence-corrected chi connectivity index (χ2v) is 8.32. The molecule has 6 heteroatoms. The maximum absolute atomic E-state index is 13.5. The summed E-state index contributed by atoms with van der Waals surface area (Å²) in [7, 11) is 0. The van der Waals surface area contributed by atoms with Crippen molar-refractivity contribution in [3.8, 4) is 5.75 Å². The first-order valence-electron chi connectivity index (χ1n) is 11.2. The molecule has 0 unspecified atom stereocenters. The van der Waals surface area contributed by atoms with Crippen LogP contribution in [0.25, 0.3) is 0 Å². The van der Waals surface area contributed by atoms with Crippen molar-refractivity contribution in [2.24, 2.45) is 5.73 Å². The lowest BCUT2D eigenvalue weighted by Crippen LogP contribution is -2.48. The summed E-state index contributed by atoms with van der Waals surface area (Å²) in [5.74, 6) is 0.270. The number of para-hydroxylation sites is 2. The van der Waals surface area contributed by atoms with Crippen molar-refractivity contribution < 1.29 is 14.3 Å². The van der Waals surface area contributed by atoms with Crippen LogP contribution in [0.1, 0.15) is 33.5 Å². The third kappa shape index (κ3) is 5.41. The monoisotopic (exact) mass is 443 g/mol. The maximum atomic E-state index is 13.5. The van der Waals surface area contributed by atoms with Crippen LogP contribution in [0.2, 0.25) is 0 Å². The Labute approximate surface area is 194 Å². The van der Waals surface area contributed by atoms with E-state index in [1.54, 1.807) is 11.0 Å². The van der Waals surface area contributed by atoms with Crippen molar-refractivity contribution in [1.29, 1.82) is 0 Å². The molecule has 170 valence electrons. The van der Waals surface area contributed by atoms with Crippen LogP contribution < -0.4 is 20.7 Å². The number of amides is 2. The predicted octanol–water partition coefficient (Wildman–Crippen LogP) is 3.61. The maximum Gasteiger partial charge on any atom is 0.248 e. The fraction of sp³-hybridized carbons (Fsp3) is 0.259. The molecule has 33 heavy (non-hydrogen) atoms. The van der Waals surface area contributed by atoms with E-state index in [-0.39, 0.29) is 12.5 Å². The van der Waals surface area contributed by atoms with Crippen LogP contribution in [-0.2, 0) is 17.8 Å². The van der Waals surface area contributed by atoms with E-state index >= 15 is 0 Å². The van der Waals surface area contributed by atoms with Gasteiger partial charge in [0.15, 0.2) is 0 Å². The number of nitrogens with two attached hydrogens (primary N) is 1. The number of carbonyl (C=O) groups is 2. The Hall–Kier alpha value is -3.64. The molecule has 3 N–H and O–H groups in total. The van der Waals surface area contributed by atoms with E-state index in [0.29, 0.717) is 30.8 Å². The van der Waals surface area contributed by atoms with Gasteiger partial charge >= 0.3 is 0 Å². The Morgan fingerprint density at radius 2 is 1.79 bits per heavy atom. The average molecular weight is 444 g/mol. The highest BCUT2D eigenvalue weighted by molar-refractivity contribution is 5.99. The molecule has 0 bridgehead atoms. The first-order chi connectivity index (χ1) is 16.0. The zero-order valence-electron chi connectivity index (χ0n) is 18.8. The van der Waals surface area contributed by atoms with E-state index in [4.69, 9.17) is 10.5 Å². The molecule has 1 aliphatic heterocycles. The molecular weight excluding hydrogens is 414 g/mol. The van der Waals surface area contributed by atoms with Gasteiger partial charge in [-0.25, -0.2) is 0 Å². The van der Waals surface area contributed by atoms with E-state index in [0.717, 1.165) is 23.2 Å². The largest absolute Gasteiger partial charge is 0.489 e. The number of ether oxygens (including phenoxy) is 1. The van der Waals surface area contributed by atoms with E-state index in [1.807, 2.05) is 49.4 Å². The van der Waals surface area contributed by atoms with E-state index in [1.165, 1.54) is 5.56 Å². The Morgan fingerprint density at radius 1 is 1.06 bits per heavy atom. The minimum absolute atomic E-state index is 0.0157. The van der Waals surface area contributed by atoms with Crippen molar-refractivity contribution >= 4 is 17.5 Å². The standard InChI is InChI=1S/C27H29N3O3/c1-19-12-14-20(15-13-19)17-30-24-10-4-5-11-25(24)33-18-23(27(30)32)29-16-6-8-21-7-2-3-9-22(21)26(28)31/h2-5,7,9-15,23,29H,6,8,16-18H2,1H3,(H2,28,31)/t23-/m0/s1. The van der Waals surface area contributed by atoms with Gasteiger partial charge in [0.1, 0.15) is 18.4 Å². The molecule has 0 radical (unpaired) electrons. The molecular formula is C27H29N3O3. The summed E-state index contributed by atoms with van der Waals surface area (Å²) in [5, 5.41) is 3.36. The summed E-state index contributed by atoms with van der Waals surface area (Å²) in [4.78, 5) is 26.9. The lowest BCUT2D eigenvalue weighted by atomic mass is 10.0. The normalized spacial score (nSPS) is 15.5. The fourth-order valence-corrected chi connectivity index (χ4v) is 4.07. The second kappa shape index (κ2) is 10.3. The molecule has 1 aliphatic rings. The molecule has 0 fully saturated rings. The van der Waals surface area contributed by atoms with Gasteiger partial charge in [-0.2, -0.15) is 0 Å². The van der Waals surface area contributed by atoms with Crippen molar-refractivity contribution in [3.63, 3.8) is 0 Å². The number of primary amides is 1. The Bertz CT molecular complexity index is 1130. The SMILES string of the molecule is Cc1ccc(CN2C(=O)[C@@H](NCCCc3ccccc3C(N)=O)COc3ccccc32)cc1. The number of hydrogen-bond acceptors (Lipinski definition) is 4. The summed E-state index contributed by atoms with van der Waals surface area (Å²) in [5.41, 5.74) is 9.97. The molecule has 0 saturated heterocycles. The van der Waals surface area contributed by atoms with Crippen molar-refractivity contribution in [2.75, 3.05) is 18.1 Å². The second-order valence-electron chi connectivity index (χ2n) is 8.32. The van der Waals surface area contributed by atoms with Crippen LogP contribution in [0.15, 0.2) is 72.8 Å². The van der Waals surface area contributed by atoms with Gasteiger partial charge in [0.25, 0.3) is 0 Å². The summed E-state index contributed by atoms with van der Waals surface area (Å²) in [6.07, 6.45) is 1.46. The van der Waals surface area contributed by atoms with E-state index < -0.39 is 11.9 Å². The molecule has 3 aromatic rings. The Balaban J connectivity index is 1.44. The quantitative estimate of drug-likeness (QED) is 0.521. The molecule has 0 aliphatic carbocycles. The van der Waals surface area contributed by atoms with Crippen LogP contribution in [0.3, 0.4) is 0 Å². The van der Waals surface area contributed by atoms with E-state index in [2.05, 4.69) is 29.6 Å². The molecule has 1 heterocycles. The van der Waals surface area contributed by atoms with Crippen molar-refractivity contribution in [3.05, 3.63) is 95.1 Å². The smallest absolute Gasteiger partial charge is 0.248 e. The number of nitrogens with zero attached hydrogens (tertiary/aromatic N) is 1. The van der Waals surface area contributed by atoms with Gasteiger partial charge in [0.2, 0.25) is 11.8 Å². The summed E-state index contributed by atoms with van der Waals surface area (Å²) < 4.78 is 6.00. The van der Waals surface area contributed by atoms with E-state index in [9.17, 15) is 9.59 Å². The number of nitrogens with one attached hydrogen (secondary N) is 1. The molecule has 4 rings (SSSR count). The number of hydrogen-bond donors (Lipinski definition) is 2. The number of aryl methyl sites for hydroxylation is 2. The van der Waals surface area contributed by atoms with Crippen LogP contribution in [0.4, 0.5) is 5.69 Å². The van der Waals surface area contributed by atoms with Crippen molar-refractivity contribution in [2.45, 2.75) is 32.4 Å². The van der Waals surface area contributed by atoms with Crippen LogP contribution >= 0.6 is 0 Å². The summed E-state index contributed by atoms with van der Waals surface area (Å²) in [6.45, 7) is 3.40. The fourth-order valence-electron chi connectivity index (χ4n) is 4.07. The summed E-state index contributed by atoms with van der Waals surface area (Å²) in [6, 6.07) is 22.8. The van der Waals surface area contributed by atoms with Crippen LogP contribution in [-0.4, -0.2) is 31.0 Å². The molecule has 6 nitrogen and oxygen atoms in total. The molecule has 0 saturated carbocycles. The van der Waals surface area contributed by atoms with Gasteiger partial charge in [-0.15, -0.1) is 0 Å². The molecule has 1 atom stereocenters. The Morgan fingerprint density at radius 3 is 2.58 bits per heavy atom. The minimum Gasteiger partial charge on any atom is -0.489 e. The van der Waals surface area contributed by atoms with Gasteiger partial charge in [-0.05, 0) is 55.6 Å². The third-order valence-electron chi connectivity index (χ3n) is 5.88. The van der Waals surface area contributed by atoms with Crippen LogP contribution in [0, 0.1) is 6.92 Å². The summed E-state index contributed by atoms with van der Waals surface area (Å²) >= 11 is 0. The Kier molecular flexibility index (Phi) is 7.05. The zero-order valence-corrected chi connectivity index (χ0v) is 18.8. The number of fused-ring (bicyclic) bond motifs is 1. The number of rotatable bonds is 8. The highest BCUT2D eigenvalue weighted by Gasteiger charge is 2.31. The first-order valence-corrected chi connectivity index (χ1v) is 11.2. The van der Waals surface area contributed by atoms with Gasteiger partial charge < -0.3 is 20.7 Å². The highest BCUT2D eigenvalue weighted by Crippen LogP contribution is 2.32. The lowest BCUT2D eigenvalue weighted by molar-refractivity contribution is -0.121. The molecule has 2 amide bonds. The number of carbonyl (C=O) groups excluding carboxylic acids is 2. The first kappa shape index (κ1) is 22.6. The lowest BCUT2D eigenvalue weighted by Gasteiger charge is -2.25. The van der Waals surface area contributed by atoms with Gasteiger partial charge in [0.05, 0.1) is 12.2 Å². The molecule has 0 aromatic heterocycles. The van der Waals surface area contributed by atoms with Crippen LogP contribution in [0.5, 0.6) is 5.75 Å². The number of anilines is 1. The van der Waals surface area contributed by atoms with Gasteiger partial charge in [-0.3, -0.25) is 9.59 Å². The number of benzene rings is 3. The average Bonchev–Trinajstić information content (AvgIpc) is 2.95. The van der Waals surface area contributed by atoms with Gasteiger partial charge in [0, 0.05) is 5.56 Å². The zero-order chi connectivity index (χ0) is 23.2. The predicted molar refractivity (Wildman–Crippen MR) is 129 cm³/mol. The van der Waals surface area contributed by atoms with Gasteiger partial charge in [-0.1, -0.05) is 60.2 Å². The molecule has 0 spiro atoms. The highest BCUT2D eigenvalue weighted by atomic mass is 16.5. The molecule has 3 aromatic carbocycles. The topological polar surface area (TPSA) is 84.7 Å². The minimum atomic E-state index is -0.464.